The Labute approximate surface area is 171 Å². The van der Waals surface area contributed by atoms with Crippen LogP contribution in [0.4, 0.5) is 0 Å². The van der Waals surface area contributed by atoms with Crippen molar-refractivity contribution in [2.75, 3.05) is 0 Å². The van der Waals surface area contributed by atoms with E-state index in [0.29, 0.717) is 17.2 Å². The van der Waals surface area contributed by atoms with E-state index < -0.39 is 0 Å². The monoisotopic (exact) mass is 442 g/mol. The third-order valence-corrected chi connectivity index (χ3v) is 4.43. The minimum atomic E-state index is -0.316. The Morgan fingerprint density at radius 1 is 1.07 bits per heavy atom. The second-order valence-electron chi connectivity index (χ2n) is 5.69. The molecule has 136 valence electrons. The lowest BCUT2D eigenvalue weighted by molar-refractivity contribution is 0.0955. The molecule has 0 aromatic heterocycles. The maximum absolute atomic E-state index is 12.0. The van der Waals surface area contributed by atoms with E-state index >= 15 is 0 Å². The first-order valence-electron chi connectivity index (χ1n) is 8.16. The summed E-state index contributed by atoms with van der Waals surface area (Å²) in [6.07, 6.45) is 1.57. The van der Waals surface area contributed by atoms with Gasteiger partial charge in [-0.05, 0) is 65.7 Å². The van der Waals surface area contributed by atoms with Crippen LogP contribution in [-0.2, 0) is 6.61 Å². The van der Waals surface area contributed by atoms with Gasteiger partial charge in [0.15, 0.2) is 0 Å². The predicted octanol–water partition coefficient (Wildman–Crippen LogP) is 5.45. The zero-order chi connectivity index (χ0) is 19.1. The highest BCUT2D eigenvalue weighted by Gasteiger charge is 2.04. The number of carbonyl (C=O) groups is 1. The number of nitrogens with one attached hydrogen (secondary N) is 1. The molecule has 0 aliphatic rings. The zero-order valence-corrected chi connectivity index (χ0v) is 16.6. The number of carbonyl (C=O) groups excluding carboxylic acids is 1. The molecule has 0 aliphatic heterocycles. The van der Waals surface area contributed by atoms with Crippen molar-refractivity contribution in [1.29, 1.82) is 0 Å². The number of hydrazone groups is 1. The minimum Gasteiger partial charge on any atom is -0.489 e. The maximum Gasteiger partial charge on any atom is 0.271 e. The van der Waals surface area contributed by atoms with E-state index in [9.17, 15) is 4.79 Å². The smallest absolute Gasteiger partial charge is 0.271 e. The lowest BCUT2D eigenvalue weighted by Gasteiger charge is -2.06. The topological polar surface area (TPSA) is 50.7 Å². The van der Waals surface area contributed by atoms with Gasteiger partial charge >= 0.3 is 0 Å². The zero-order valence-electron chi connectivity index (χ0n) is 14.2. The average Bonchev–Trinajstić information content (AvgIpc) is 2.68. The molecule has 0 heterocycles. The van der Waals surface area contributed by atoms with Gasteiger partial charge in [0.2, 0.25) is 0 Å². The van der Waals surface area contributed by atoms with Gasteiger partial charge in [-0.2, -0.15) is 5.10 Å². The van der Waals surface area contributed by atoms with Crippen LogP contribution < -0.4 is 10.2 Å². The largest absolute Gasteiger partial charge is 0.489 e. The van der Waals surface area contributed by atoms with Crippen LogP contribution in [0.5, 0.6) is 5.75 Å². The number of hydrogen-bond acceptors (Lipinski definition) is 3. The summed E-state index contributed by atoms with van der Waals surface area (Å²) in [7, 11) is 0. The Bertz CT molecular complexity index is 941. The molecule has 0 saturated carbocycles. The van der Waals surface area contributed by atoms with Crippen molar-refractivity contribution in [1.82, 2.24) is 5.43 Å². The predicted molar refractivity (Wildman–Crippen MR) is 111 cm³/mol. The molecule has 1 N–H and O–H groups in total. The second-order valence-corrected chi connectivity index (χ2v) is 7.05. The van der Waals surface area contributed by atoms with Crippen LogP contribution in [0.2, 0.25) is 5.02 Å². The average molecular weight is 444 g/mol. The van der Waals surface area contributed by atoms with Crippen molar-refractivity contribution in [2.24, 2.45) is 5.10 Å². The Kier molecular flexibility index (Phi) is 6.63. The summed E-state index contributed by atoms with van der Waals surface area (Å²) < 4.78 is 6.80. The van der Waals surface area contributed by atoms with Crippen LogP contribution in [0.3, 0.4) is 0 Å². The summed E-state index contributed by atoms with van der Waals surface area (Å²) in [5.74, 6) is 0.446. The number of benzene rings is 3. The molecule has 4 nitrogen and oxygen atoms in total. The third kappa shape index (κ3) is 5.94. The van der Waals surface area contributed by atoms with Crippen LogP contribution in [0, 0.1) is 0 Å². The number of hydrogen-bond donors (Lipinski definition) is 1. The highest BCUT2D eigenvalue weighted by molar-refractivity contribution is 9.10. The van der Waals surface area contributed by atoms with E-state index in [-0.39, 0.29) is 5.91 Å². The number of amides is 1. The van der Waals surface area contributed by atoms with Crippen molar-refractivity contribution in [2.45, 2.75) is 6.61 Å². The molecule has 0 saturated heterocycles. The summed E-state index contributed by atoms with van der Waals surface area (Å²) in [5.41, 5.74) is 4.87. The fourth-order valence-corrected chi connectivity index (χ4v) is 2.71. The SMILES string of the molecule is O=C(N/N=C\c1ccc(OCc2ccc(Br)cc2)cc1)c1cccc(Cl)c1. The van der Waals surface area contributed by atoms with Gasteiger partial charge in [0.05, 0.1) is 6.21 Å². The fraction of sp³-hybridized carbons (Fsp3) is 0.0476. The van der Waals surface area contributed by atoms with E-state index in [1.807, 2.05) is 48.5 Å². The lowest BCUT2D eigenvalue weighted by Crippen LogP contribution is -2.17. The molecule has 3 rings (SSSR count). The summed E-state index contributed by atoms with van der Waals surface area (Å²) >= 11 is 9.28. The number of ether oxygens (including phenoxy) is 1. The van der Waals surface area contributed by atoms with E-state index in [0.717, 1.165) is 21.3 Å². The van der Waals surface area contributed by atoms with Crippen LogP contribution in [0.25, 0.3) is 0 Å². The van der Waals surface area contributed by atoms with Gasteiger partial charge in [0.1, 0.15) is 12.4 Å². The molecule has 3 aromatic carbocycles. The van der Waals surface area contributed by atoms with Crippen molar-refractivity contribution in [3.63, 3.8) is 0 Å². The molecule has 6 heteroatoms. The Morgan fingerprint density at radius 2 is 1.81 bits per heavy atom. The van der Waals surface area contributed by atoms with Gasteiger partial charge in [-0.3, -0.25) is 4.79 Å². The molecule has 0 radical (unpaired) electrons. The first-order chi connectivity index (χ1) is 13.1. The molecule has 0 aliphatic carbocycles. The standard InChI is InChI=1S/C21H16BrClN2O2/c22-18-8-4-16(5-9-18)14-27-20-10-6-15(7-11-20)13-24-25-21(26)17-2-1-3-19(23)12-17/h1-13H,14H2,(H,25,26)/b24-13-. The number of nitrogens with zero attached hydrogens (tertiary/aromatic N) is 1. The van der Waals surface area contributed by atoms with Gasteiger partial charge in [0.25, 0.3) is 5.91 Å². The highest BCUT2D eigenvalue weighted by Crippen LogP contribution is 2.15. The summed E-state index contributed by atoms with van der Waals surface area (Å²) in [6.45, 7) is 0.496. The summed E-state index contributed by atoms with van der Waals surface area (Å²) in [4.78, 5) is 12.0. The lowest BCUT2D eigenvalue weighted by atomic mass is 10.2. The highest BCUT2D eigenvalue weighted by atomic mass is 79.9. The molecular weight excluding hydrogens is 428 g/mol. The van der Waals surface area contributed by atoms with Crippen LogP contribution >= 0.6 is 27.5 Å². The first kappa shape index (κ1) is 19.1. The first-order valence-corrected chi connectivity index (χ1v) is 9.33. The molecule has 0 bridgehead atoms. The number of rotatable bonds is 6. The van der Waals surface area contributed by atoms with Gasteiger partial charge in [-0.1, -0.05) is 45.7 Å². The van der Waals surface area contributed by atoms with Gasteiger partial charge in [-0.25, -0.2) is 5.43 Å². The van der Waals surface area contributed by atoms with Crippen molar-refractivity contribution >= 4 is 39.7 Å². The Morgan fingerprint density at radius 3 is 2.52 bits per heavy atom. The molecule has 0 atom stereocenters. The normalized spacial score (nSPS) is 10.7. The molecule has 0 fully saturated rings. The second kappa shape index (κ2) is 9.35. The summed E-state index contributed by atoms with van der Waals surface area (Å²) in [6, 6.07) is 22.1. The van der Waals surface area contributed by atoms with E-state index in [2.05, 4.69) is 26.5 Å². The minimum absolute atomic E-state index is 0.316. The molecule has 0 unspecified atom stereocenters. The van der Waals surface area contributed by atoms with Crippen LogP contribution in [0.15, 0.2) is 82.4 Å². The summed E-state index contributed by atoms with van der Waals surface area (Å²) in [5, 5.41) is 4.47. The third-order valence-electron chi connectivity index (χ3n) is 3.67. The van der Waals surface area contributed by atoms with Gasteiger partial charge in [0, 0.05) is 15.1 Å². The Balaban J connectivity index is 1.51. The van der Waals surface area contributed by atoms with Crippen LogP contribution in [-0.4, -0.2) is 12.1 Å². The van der Waals surface area contributed by atoms with Gasteiger partial charge in [-0.15, -0.1) is 0 Å². The Hall–Kier alpha value is -2.63. The quantitative estimate of drug-likeness (QED) is 0.407. The van der Waals surface area contributed by atoms with Crippen molar-refractivity contribution in [3.8, 4) is 5.75 Å². The number of halogens is 2. The van der Waals surface area contributed by atoms with Crippen molar-refractivity contribution < 1.29 is 9.53 Å². The fourth-order valence-electron chi connectivity index (χ4n) is 2.26. The maximum atomic E-state index is 12.0. The van der Waals surface area contributed by atoms with E-state index in [1.165, 1.54) is 0 Å². The molecule has 0 spiro atoms. The van der Waals surface area contributed by atoms with E-state index in [4.69, 9.17) is 16.3 Å². The van der Waals surface area contributed by atoms with Crippen LogP contribution in [0.1, 0.15) is 21.5 Å². The van der Waals surface area contributed by atoms with Crippen molar-refractivity contribution in [3.05, 3.63) is 99.0 Å². The molecular formula is C21H16BrClN2O2. The molecule has 3 aromatic rings. The molecule has 27 heavy (non-hydrogen) atoms. The molecule has 1 amide bonds. The van der Waals surface area contributed by atoms with Gasteiger partial charge < -0.3 is 4.74 Å². The van der Waals surface area contributed by atoms with E-state index in [1.54, 1.807) is 30.5 Å².